The van der Waals surface area contributed by atoms with Crippen LogP contribution in [0.4, 0.5) is 0 Å². The van der Waals surface area contributed by atoms with Gasteiger partial charge in [-0.15, -0.1) is 0 Å². The van der Waals surface area contributed by atoms with Gasteiger partial charge in [-0.1, -0.05) is 6.42 Å². The van der Waals surface area contributed by atoms with Gasteiger partial charge in [0.1, 0.15) is 11.3 Å². The largest absolute Gasteiger partial charge is 0.383 e. The summed E-state index contributed by atoms with van der Waals surface area (Å²) in [5, 5.41) is 0. The van der Waals surface area contributed by atoms with Gasteiger partial charge in [-0.3, -0.25) is 14.7 Å². The number of nitrogens with two attached hydrogens (primary N) is 1. The minimum Gasteiger partial charge on any atom is -0.383 e. The number of pyridine rings is 1. The van der Waals surface area contributed by atoms with Crippen LogP contribution in [-0.4, -0.2) is 55.7 Å². The molecule has 3 rings (SSSR count). The van der Waals surface area contributed by atoms with Gasteiger partial charge in [-0.25, -0.2) is 0 Å². The van der Waals surface area contributed by atoms with Gasteiger partial charge < -0.3 is 15.2 Å². The second kappa shape index (κ2) is 7.40. The number of methoxy groups -OCH3 is 2. The van der Waals surface area contributed by atoms with E-state index in [-0.39, 0.29) is 5.60 Å². The molecule has 2 N–H and O–H groups in total. The molecule has 2 aliphatic rings. The first-order valence-electron chi connectivity index (χ1n) is 9.07. The summed E-state index contributed by atoms with van der Waals surface area (Å²) < 4.78 is 11.6. The number of primary amides is 1. The Balaban J connectivity index is 1.96. The number of fused-ring (bicyclic) bond motifs is 2. The van der Waals surface area contributed by atoms with Crippen molar-refractivity contribution in [2.24, 2.45) is 17.6 Å². The molecule has 1 aromatic rings. The van der Waals surface area contributed by atoms with Gasteiger partial charge >= 0.3 is 0 Å². The number of rotatable bonds is 6. The standard InChI is InChI=1S/C19H29N3O3/c1-13(12-24-2)22-10-15-5-4-6-16(11-22)19(15,25-3)14-7-8-21-17(9-14)18(20)23/h7-9,13,15-16H,4-6,10-12H2,1-3H3,(H2,20,23)/t13-,15?,16?,19?/m1/s1. The summed E-state index contributed by atoms with van der Waals surface area (Å²) in [6.45, 7) is 4.91. The van der Waals surface area contributed by atoms with Crippen LogP contribution < -0.4 is 5.73 Å². The van der Waals surface area contributed by atoms with E-state index in [0.29, 0.717) is 23.6 Å². The molecule has 2 heterocycles. The first-order valence-corrected chi connectivity index (χ1v) is 9.07. The highest BCUT2D eigenvalue weighted by Gasteiger charge is 2.53. The number of hydrogen-bond donors (Lipinski definition) is 1. The topological polar surface area (TPSA) is 77.7 Å². The molecule has 6 nitrogen and oxygen atoms in total. The molecule has 2 unspecified atom stereocenters. The van der Waals surface area contributed by atoms with Crippen LogP contribution in [0.15, 0.2) is 18.3 Å². The van der Waals surface area contributed by atoms with E-state index >= 15 is 0 Å². The van der Waals surface area contributed by atoms with Crippen LogP contribution in [0.25, 0.3) is 0 Å². The van der Waals surface area contributed by atoms with E-state index in [4.69, 9.17) is 15.2 Å². The lowest BCUT2D eigenvalue weighted by Gasteiger charge is -2.56. The zero-order valence-electron chi connectivity index (χ0n) is 15.4. The zero-order chi connectivity index (χ0) is 18.0. The Morgan fingerprint density at radius 3 is 2.64 bits per heavy atom. The molecule has 0 aromatic carbocycles. The molecule has 3 atom stereocenters. The van der Waals surface area contributed by atoms with Crippen molar-refractivity contribution in [1.29, 1.82) is 0 Å². The Morgan fingerprint density at radius 1 is 1.40 bits per heavy atom. The third kappa shape index (κ3) is 3.18. The van der Waals surface area contributed by atoms with Crippen molar-refractivity contribution in [2.45, 2.75) is 37.8 Å². The molecular weight excluding hydrogens is 318 g/mol. The predicted octanol–water partition coefficient (Wildman–Crippen LogP) is 1.79. The fourth-order valence-corrected chi connectivity index (χ4v) is 4.90. The molecule has 1 aliphatic heterocycles. The molecule has 6 heteroatoms. The van der Waals surface area contributed by atoms with E-state index in [9.17, 15) is 4.79 Å². The average molecular weight is 347 g/mol. The highest BCUT2D eigenvalue weighted by atomic mass is 16.5. The Hall–Kier alpha value is -1.50. The monoisotopic (exact) mass is 347 g/mol. The molecule has 2 fully saturated rings. The third-order valence-electron chi connectivity index (χ3n) is 6.06. The quantitative estimate of drug-likeness (QED) is 0.849. The Morgan fingerprint density at radius 2 is 2.08 bits per heavy atom. The number of ether oxygens (including phenoxy) is 2. The van der Waals surface area contributed by atoms with Crippen LogP contribution >= 0.6 is 0 Å². The van der Waals surface area contributed by atoms with Crippen LogP contribution in [0.1, 0.15) is 42.2 Å². The van der Waals surface area contributed by atoms with Crippen molar-refractivity contribution in [1.82, 2.24) is 9.88 Å². The van der Waals surface area contributed by atoms with Gasteiger partial charge in [0, 0.05) is 51.4 Å². The van der Waals surface area contributed by atoms with Crippen LogP contribution in [-0.2, 0) is 15.1 Å². The third-order valence-corrected chi connectivity index (χ3v) is 6.06. The lowest BCUT2D eigenvalue weighted by atomic mass is 9.62. The number of carbonyl (C=O) groups excluding carboxylic acids is 1. The summed E-state index contributed by atoms with van der Waals surface area (Å²) in [6.07, 6.45) is 5.14. The lowest BCUT2D eigenvalue weighted by Crippen LogP contribution is -2.61. The van der Waals surface area contributed by atoms with Crippen molar-refractivity contribution in [3.05, 3.63) is 29.6 Å². The molecule has 0 spiro atoms. The Labute approximate surface area is 149 Å². The number of likely N-dealkylation sites (tertiary alicyclic amines) is 1. The average Bonchev–Trinajstić information content (AvgIpc) is 2.60. The second-order valence-corrected chi connectivity index (χ2v) is 7.37. The van der Waals surface area contributed by atoms with Gasteiger partial charge in [0.2, 0.25) is 0 Å². The van der Waals surface area contributed by atoms with Gasteiger partial charge in [-0.05, 0) is 37.5 Å². The van der Waals surface area contributed by atoms with Crippen LogP contribution in [0.3, 0.4) is 0 Å². The number of carbonyl (C=O) groups is 1. The molecular formula is C19H29N3O3. The van der Waals surface area contributed by atoms with E-state index in [1.807, 2.05) is 12.1 Å². The fraction of sp³-hybridized carbons (Fsp3) is 0.684. The van der Waals surface area contributed by atoms with Gasteiger partial charge in [-0.2, -0.15) is 0 Å². The first kappa shape index (κ1) is 18.3. The van der Waals surface area contributed by atoms with Crippen LogP contribution in [0, 0.1) is 11.8 Å². The van der Waals surface area contributed by atoms with Crippen molar-refractivity contribution < 1.29 is 14.3 Å². The molecule has 2 bridgehead atoms. The number of nitrogens with zero attached hydrogens (tertiary/aromatic N) is 2. The van der Waals surface area contributed by atoms with Gasteiger partial charge in [0.15, 0.2) is 0 Å². The zero-order valence-corrected chi connectivity index (χ0v) is 15.4. The summed E-state index contributed by atoms with van der Waals surface area (Å²) in [7, 11) is 3.55. The molecule has 1 amide bonds. The minimum atomic E-state index is -0.496. The molecule has 1 aromatic heterocycles. The molecule has 1 saturated heterocycles. The van der Waals surface area contributed by atoms with Crippen molar-refractivity contribution in [3.8, 4) is 0 Å². The first-order chi connectivity index (χ1) is 12.0. The summed E-state index contributed by atoms with van der Waals surface area (Å²) >= 11 is 0. The summed E-state index contributed by atoms with van der Waals surface area (Å²) in [6, 6.07) is 4.20. The number of aromatic nitrogens is 1. The molecule has 25 heavy (non-hydrogen) atoms. The highest BCUT2D eigenvalue weighted by molar-refractivity contribution is 5.90. The van der Waals surface area contributed by atoms with Crippen molar-refractivity contribution in [2.75, 3.05) is 33.9 Å². The van der Waals surface area contributed by atoms with Crippen LogP contribution in [0.5, 0.6) is 0 Å². The van der Waals surface area contributed by atoms with E-state index in [1.54, 1.807) is 20.4 Å². The van der Waals surface area contributed by atoms with E-state index in [0.717, 1.165) is 38.1 Å². The fourth-order valence-electron chi connectivity index (χ4n) is 4.90. The SMILES string of the molecule is COC[C@@H](C)N1CC2CCCC(C1)C2(OC)c1ccnc(C(N)=O)c1. The highest BCUT2D eigenvalue weighted by Crippen LogP contribution is 2.51. The number of amides is 1. The summed E-state index contributed by atoms with van der Waals surface area (Å²) in [5.41, 5.74) is 6.42. The van der Waals surface area contributed by atoms with E-state index in [2.05, 4.69) is 16.8 Å². The molecule has 138 valence electrons. The van der Waals surface area contributed by atoms with E-state index < -0.39 is 5.91 Å². The maximum Gasteiger partial charge on any atom is 0.267 e. The number of hydrogen-bond acceptors (Lipinski definition) is 5. The van der Waals surface area contributed by atoms with Crippen molar-refractivity contribution in [3.63, 3.8) is 0 Å². The molecule has 1 saturated carbocycles. The smallest absolute Gasteiger partial charge is 0.267 e. The van der Waals surface area contributed by atoms with Crippen LogP contribution in [0.2, 0.25) is 0 Å². The minimum absolute atomic E-state index is 0.308. The molecule has 1 aliphatic carbocycles. The van der Waals surface area contributed by atoms with Crippen molar-refractivity contribution >= 4 is 5.91 Å². The lowest BCUT2D eigenvalue weighted by molar-refractivity contribution is -0.175. The second-order valence-electron chi connectivity index (χ2n) is 7.37. The number of piperidine rings is 1. The van der Waals surface area contributed by atoms with E-state index in [1.165, 1.54) is 6.42 Å². The summed E-state index contributed by atoms with van der Waals surface area (Å²) in [4.78, 5) is 18.2. The predicted molar refractivity (Wildman–Crippen MR) is 95.2 cm³/mol. The van der Waals surface area contributed by atoms with Gasteiger partial charge in [0.25, 0.3) is 5.91 Å². The maximum atomic E-state index is 11.6. The maximum absolute atomic E-state index is 11.6. The Bertz CT molecular complexity index is 608. The van der Waals surface area contributed by atoms with Gasteiger partial charge in [0.05, 0.1) is 6.61 Å². The Kier molecular flexibility index (Phi) is 5.41. The normalized spacial score (nSPS) is 30.8. The molecule has 0 radical (unpaired) electrons. The summed E-state index contributed by atoms with van der Waals surface area (Å²) in [5.74, 6) is 0.268.